The van der Waals surface area contributed by atoms with Gasteiger partial charge in [0.05, 0.1) is 14.2 Å². The zero-order chi connectivity index (χ0) is 18.9. The largest absolute Gasteiger partial charge is 0.482 e. The minimum absolute atomic E-state index is 0.177. The summed E-state index contributed by atoms with van der Waals surface area (Å²) in [5.41, 5.74) is 0.942. The zero-order valence-corrected chi connectivity index (χ0v) is 14.4. The Hall–Kier alpha value is -3.35. The van der Waals surface area contributed by atoms with Crippen LogP contribution in [0, 0.1) is 0 Å². The van der Waals surface area contributed by atoms with Crippen molar-refractivity contribution in [3.8, 4) is 11.5 Å². The van der Waals surface area contributed by atoms with E-state index in [2.05, 4.69) is 9.47 Å². The molecule has 7 heteroatoms. The number of carbonyl (C=O) groups is 3. The molecule has 136 valence electrons. The van der Waals surface area contributed by atoms with E-state index in [4.69, 9.17) is 9.47 Å². The van der Waals surface area contributed by atoms with E-state index in [-0.39, 0.29) is 19.0 Å². The smallest absolute Gasteiger partial charge is 0.343 e. The number of hydrogen-bond acceptors (Lipinski definition) is 7. The van der Waals surface area contributed by atoms with Crippen molar-refractivity contribution < 1.29 is 33.3 Å². The fourth-order valence-corrected chi connectivity index (χ4v) is 1.97. The Kier molecular flexibility index (Phi) is 6.73. The van der Waals surface area contributed by atoms with Gasteiger partial charge in [-0.2, -0.15) is 0 Å². The summed E-state index contributed by atoms with van der Waals surface area (Å²) in [7, 11) is 2.55. The highest BCUT2D eigenvalue weighted by Crippen LogP contribution is 2.18. The average molecular weight is 358 g/mol. The van der Waals surface area contributed by atoms with Crippen LogP contribution in [0.25, 0.3) is 0 Å². The lowest BCUT2D eigenvalue weighted by atomic mass is 10.0. The molecule has 0 unspecified atom stereocenters. The molecule has 0 saturated carbocycles. The van der Waals surface area contributed by atoms with E-state index >= 15 is 0 Å². The molecule has 2 aromatic rings. The molecule has 0 N–H and O–H groups in total. The fourth-order valence-electron chi connectivity index (χ4n) is 1.97. The Bertz CT molecular complexity index is 698. The number of benzene rings is 2. The van der Waals surface area contributed by atoms with Crippen molar-refractivity contribution in [3.05, 3.63) is 59.7 Å². The van der Waals surface area contributed by atoms with E-state index in [1.807, 2.05) is 0 Å². The van der Waals surface area contributed by atoms with E-state index < -0.39 is 11.9 Å². The van der Waals surface area contributed by atoms with E-state index in [9.17, 15) is 14.4 Å². The average Bonchev–Trinajstić information content (AvgIpc) is 2.70. The van der Waals surface area contributed by atoms with Crippen LogP contribution in [0.4, 0.5) is 0 Å². The SMILES string of the molecule is COC(=O)COc1ccc(C(=O)c2ccc(OCC(=O)OC)cc2)cc1. The maximum Gasteiger partial charge on any atom is 0.343 e. The van der Waals surface area contributed by atoms with Crippen LogP contribution in [0.3, 0.4) is 0 Å². The van der Waals surface area contributed by atoms with Crippen molar-refractivity contribution in [2.24, 2.45) is 0 Å². The van der Waals surface area contributed by atoms with Crippen molar-refractivity contribution in [2.45, 2.75) is 0 Å². The number of ether oxygens (including phenoxy) is 4. The molecule has 7 nitrogen and oxygen atoms in total. The monoisotopic (exact) mass is 358 g/mol. The van der Waals surface area contributed by atoms with Gasteiger partial charge in [0, 0.05) is 11.1 Å². The second kappa shape index (κ2) is 9.22. The van der Waals surface area contributed by atoms with Crippen molar-refractivity contribution in [1.29, 1.82) is 0 Å². The van der Waals surface area contributed by atoms with Gasteiger partial charge >= 0.3 is 11.9 Å². The Morgan fingerprint density at radius 1 is 0.654 bits per heavy atom. The molecule has 0 bridgehead atoms. The summed E-state index contributed by atoms with van der Waals surface area (Å²) >= 11 is 0. The lowest BCUT2D eigenvalue weighted by Gasteiger charge is -2.07. The van der Waals surface area contributed by atoms with Crippen LogP contribution >= 0.6 is 0 Å². The molecule has 0 aliphatic carbocycles. The molecule has 2 rings (SSSR count). The second-order valence-electron chi connectivity index (χ2n) is 5.11. The molecular formula is C19H18O7. The van der Waals surface area contributed by atoms with Crippen molar-refractivity contribution >= 4 is 17.7 Å². The highest BCUT2D eigenvalue weighted by atomic mass is 16.6. The first kappa shape index (κ1) is 19.0. The minimum atomic E-state index is -0.486. The van der Waals surface area contributed by atoms with Gasteiger partial charge in [0.2, 0.25) is 0 Å². The molecule has 2 aromatic carbocycles. The highest BCUT2D eigenvalue weighted by Gasteiger charge is 2.10. The number of methoxy groups -OCH3 is 2. The lowest BCUT2D eigenvalue weighted by Crippen LogP contribution is -2.12. The third-order valence-corrected chi connectivity index (χ3v) is 3.40. The van der Waals surface area contributed by atoms with Gasteiger partial charge in [-0.05, 0) is 48.5 Å². The van der Waals surface area contributed by atoms with Crippen LogP contribution in [0.15, 0.2) is 48.5 Å². The van der Waals surface area contributed by atoms with Crippen molar-refractivity contribution in [3.63, 3.8) is 0 Å². The molecule has 26 heavy (non-hydrogen) atoms. The molecule has 0 heterocycles. The molecule has 0 aromatic heterocycles. The number of carbonyl (C=O) groups excluding carboxylic acids is 3. The van der Waals surface area contributed by atoms with Gasteiger partial charge in [0.15, 0.2) is 19.0 Å². The van der Waals surface area contributed by atoms with Crippen LogP contribution in [-0.2, 0) is 19.1 Å². The number of ketones is 1. The fraction of sp³-hybridized carbons (Fsp3) is 0.211. The number of esters is 2. The van der Waals surface area contributed by atoms with Crippen LogP contribution in [-0.4, -0.2) is 45.2 Å². The quantitative estimate of drug-likeness (QED) is 0.527. The standard InChI is InChI=1S/C19H18O7/c1-23-17(20)11-25-15-7-3-13(4-8-15)19(22)14-5-9-16(10-6-14)26-12-18(21)24-2/h3-10H,11-12H2,1-2H3. The maximum absolute atomic E-state index is 12.5. The predicted octanol–water partition coefficient (Wildman–Crippen LogP) is 2.02. The summed E-state index contributed by atoms with van der Waals surface area (Å²) in [6, 6.07) is 12.8. The van der Waals surface area contributed by atoms with E-state index in [1.165, 1.54) is 14.2 Å². The van der Waals surface area contributed by atoms with E-state index in [1.54, 1.807) is 48.5 Å². The number of rotatable bonds is 8. The zero-order valence-electron chi connectivity index (χ0n) is 14.4. The van der Waals surface area contributed by atoms with Crippen molar-refractivity contribution in [2.75, 3.05) is 27.4 Å². The van der Waals surface area contributed by atoms with Gasteiger partial charge in [0.1, 0.15) is 11.5 Å². The molecule has 0 atom stereocenters. The summed E-state index contributed by atoms with van der Waals surface area (Å²) in [4.78, 5) is 34.5. The molecule has 0 saturated heterocycles. The molecule has 0 aliphatic heterocycles. The van der Waals surface area contributed by atoms with Gasteiger partial charge in [-0.15, -0.1) is 0 Å². The Labute approximate surface area is 150 Å². The van der Waals surface area contributed by atoms with Crippen molar-refractivity contribution in [1.82, 2.24) is 0 Å². The lowest BCUT2D eigenvalue weighted by molar-refractivity contribution is -0.143. The molecular weight excluding hydrogens is 340 g/mol. The summed E-state index contributed by atoms with van der Waals surface area (Å²) in [6.45, 7) is -0.395. The second-order valence-corrected chi connectivity index (χ2v) is 5.11. The highest BCUT2D eigenvalue weighted by molar-refractivity contribution is 6.09. The topological polar surface area (TPSA) is 88.1 Å². The summed E-state index contributed by atoms with van der Waals surface area (Å²) in [5, 5.41) is 0. The van der Waals surface area contributed by atoms with Gasteiger partial charge in [-0.1, -0.05) is 0 Å². The minimum Gasteiger partial charge on any atom is -0.482 e. The molecule has 0 aliphatic rings. The van der Waals surface area contributed by atoms with Crippen LogP contribution in [0.5, 0.6) is 11.5 Å². The Morgan fingerprint density at radius 2 is 1.00 bits per heavy atom. The Morgan fingerprint density at radius 3 is 1.31 bits per heavy atom. The van der Waals surface area contributed by atoms with E-state index in [0.717, 1.165) is 0 Å². The summed E-state index contributed by atoms with van der Waals surface area (Å²) in [6.07, 6.45) is 0. The molecule has 0 amide bonds. The maximum atomic E-state index is 12.5. The molecule has 0 spiro atoms. The van der Waals surface area contributed by atoms with Gasteiger partial charge in [0.25, 0.3) is 0 Å². The van der Waals surface area contributed by atoms with Crippen LogP contribution in [0.1, 0.15) is 15.9 Å². The van der Waals surface area contributed by atoms with Gasteiger partial charge < -0.3 is 18.9 Å². The predicted molar refractivity (Wildman–Crippen MR) is 91.3 cm³/mol. The Balaban J connectivity index is 1.97. The molecule has 0 fully saturated rings. The van der Waals surface area contributed by atoms with Crippen LogP contribution < -0.4 is 9.47 Å². The first-order valence-corrected chi connectivity index (χ1v) is 7.67. The van der Waals surface area contributed by atoms with E-state index in [0.29, 0.717) is 22.6 Å². The first-order valence-electron chi connectivity index (χ1n) is 7.67. The van der Waals surface area contributed by atoms with Gasteiger partial charge in [-0.3, -0.25) is 4.79 Å². The summed E-state index contributed by atoms with van der Waals surface area (Å²) < 4.78 is 19.4. The number of hydrogen-bond donors (Lipinski definition) is 0. The first-order chi connectivity index (χ1) is 12.5. The normalized spacial score (nSPS) is 9.92. The van der Waals surface area contributed by atoms with Gasteiger partial charge in [-0.25, -0.2) is 9.59 Å². The summed E-state index contributed by atoms with van der Waals surface area (Å²) in [5.74, 6) is -0.236. The van der Waals surface area contributed by atoms with Crippen LogP contribution in [0.2, 0.25) is 0 Å². The third kappa shape index (κ3) is 5.34. The third-order valence-electron chi connectivity index (χ3n) is 3.40. The molecule has 0 radical (unpaired) electrons.